The van der Waals surface area contributed by atoms with Gasteiger partial charge in [0, 0.05) is 34.7 Å². The smallest absolute Gasteiger partial charge is 0.434 e. The molecule has 0 spiro atoms. The molecular formula is C27H27Cl2N3O4. The molecule has 1 aliphatic carbocycles. The quantitative estimate of drug-likeness (QED) is 0.433. The highest BCUT2D eigenvalue weighted by atomic mass is 35.5. The number of halogens is 2. The number of benzene rings is 2. The Balaban J connectivity index is 1.22. The number of hydrogen-bond donors (Lipinski definition) is 0. The molecule has 9 heteroatoms. The number of aromatic nitrogens is 2. The number of ether oxygens (including phenoxy) is 2. The fourth-order valence-corrected chi connectivity index (χ4v) is 5.72. The summed E-state index contributed by atoms with van der Waals surface area (Å²) in [6, 6.07) is 13.5. The van der Waals surface area contributed by atoms with Gasteiger partial charge in [-0.3, -0.25) is 4.79 Å². The lowest BCUT2D eigenvalue weighted by molar-refractivity contribution is -0.133. The van der Waals surface area contributed by atoms with Gasteiger partial charge >= 0.3 is 6.09 Å². The van der Waals surface area contributed by atoms with Crippen LogP contribution in [0.15, 0.2) is 48.7 Å². The van der Waals surface area contributed by atoms with Crippen LogP contribution in [-0.4, -0.2) is 46.4 Å². The molecule has 36 heavy (non-hydrogen) atoms. The lowest BCUT2D eigenvalue weighted by Gasteiger charge is -2.31. The summed E-state index contributed by atoms with van der Waals surface area (Å²) in [5.41, 5.74) is 3.71. The van der Waals surface area contributed by atoms with Crippen LogP contribution in [0.5, 0.6) is 5.75 Å². The van der Waals surface area contributed by atoms with Crippen molar-refractivity contribution in [3.63, 3.8) is 0 Å². The first-order valence-electron chi connectivity index (χ1n) is 12.0. The van der Waals surface area contributed by atoms with Crippen LogP contribution in [0.25, 0.3) is 0 Å². The number of likely N-dealkylation sites (tertiary alicyclic amines) is 1. The van der Waals surface area contributed by atoms with Gasteiger partial charge in [-0.2, -0.15) is 9.78 Å². The molecule has 5 rings (SSSR count). The Morgan fingerprint density at radius 1 is 1.14 bits per heavy atom. The normalized spacial score (nSPS) is 19.3. The maximum absolute atomic E-state index is 13.3. The van der Waals surface area contributed by atoms with Crippen LogP contribution >= 0.6 is 23.2 Å². The number of nitrogens with zero attached hydrogens (tertiary/aromatic N) is 3. The van der Waals surface area contributed by atoms with E-state index in [0.29, 0.717) is 41.8 Å². The van der Waals surface area contributed by atoms with E-state index in [2.05, 4.69) is 5.10 Å². The van der Waals surface area contributed by atoms with Gasteiger partial charge in [0.2, 0.25) is 5.91 Å². The van der Waals surface area contributed by atoms with Gasteiger partial charge < -0.3 is 14.4 Å². The van der Waals surface area contributed by atoms with E-state index in [9.17, 15) is 9.59 Å². The summed E-state index contributed by atoms with van der Waals surface area (Å²) < 4.78 is 11.9. The number of amides is 1. The molecule has 1 unspecified atom stereocenters. The first kappa shape index (κ1) is 24.7. The number of rotatable bonds is 6. The van der Waals surface area contributed by atoms with Crippen molar-refractivity contribution in [2.24, 2.45) is 5.92 Å². The molecule has 1 saturated heterocycles. The van der Waals surface area contributed by atoms with Crippen molar-refractivity contribution < 1.29 is 19.1 Å². The highest BCUT2D eigenvalue weighted by Gasteiger charge is 2.38. The van der Waals surface area contributed by atoms with Crippen LogP contribution in [-0.2, 0) is 35.4 Å². The predicted octanol–water partition coefficient (Wildman–Crippen LogP) is 5.33. The van der Waals surface area contributed by atoms with Gasteiger partial charge in [0.1, 0.15) is 12.4 Å². The molecule has 2 aromatic carbocycles. The minimum Gasteiger partial charge on any atom is -0.489 e. The number of fused-ring (bicyclic) bond motifs is 1. The maximum Gasteiger partial charge on any atom is 0.434 e. The molecular weight excluding hydrogens is 501 g/mol. The standard InChI is InChI=1S/C27H27Cl2N3O4/c1-35-27(34)32-15-19-11-20(7-8-25(19)30-32)31-10-9-18(26(31)33)12-22-23(28)13-21(14-24(22)29)36-16-17-5-3-2-4-6-17/h2-6,13-15,18,20H,7-12,16H2,1H3/t18-,20?/m0/s1. The van der Waals surface area contributed by atoms with Gasteiger partial charge in [0.25, 0.3) is 0 Å². The predicted molar refractivity (Wildman–Crippen MR) is 137 cm³/mol. The van der Waals surface area contributed by atoms with E-state index in [1.165, 1.54) is 11.8 Å². The molecule has 1 aromatic heterocycles. The maximum atomic E-state index is 13.3. The monoisotopic (exact) mass is 527 g/mol. The average Bonchev–Trinajstić information content (AvgIpc) is 3.48. The van der Waals surface area contributed by atoms with Gasteiger partial charge in [-0.1, -0.05) is 53.5 Å². The zero-order valence-corrected chi connectivity index (χ0v) is 21.5. The van der Waals surface area contributed by atoms with Crippen LogP contribution in [0.3, 0.4) is 0 Å². The average molecular weight is 528 g/mol. The number of carbonyl (C=O) groups excluding carboxylic acids is 2. The lowest BCUT2D eigenvalue weighted by Crippen LogP contribution is -2.41. The number of carbonyl (C=O) groups is 2. The second-order valence-corrected chi connectivity index (χ2v) is 10.1. The van der Waals surface area contributed by atoms with Crippen LogP contribution in [0.2, 0.25) is 10.0 Å². The minimum absolute atomic E-state index is 0.0880. The fraction of sp³-hybridized carbons (Fsp3) is 0.370. The third-order valence-electron chi connectivity index (χ3n) is 7.01. The molecule has 0 N–H and O–H groups in total. The number of methoxy groups -OCH3 is 1. The van der Waals surface area contributed by atoms with Crippen LogP contribution in [0, 0.1) is 5.92 Å². The SMILES string of the molecule is COC(=O)n1cc2c(n1)CCC(N1CC[C@@H](Cc3c(Cl)cc(OCc4ccccc4)cc3Cl)C1=O)C2. The second kappa shape index (κ2) is 10.5. The fourth-order valence-electron chi connectivity index (χ4n) is 5.10. The lowest BCUT2D eigenvalue weighted by atomic mass is 9.92. The van der Waals surface area contributed by atoms with E-state index >= 15 is 0 Å². The summed E-state index contributed by atoms with van der Waals surface area (Å²) in [5.74, 6) is 0.554. The molecule has 7 nitrogen and oxygen atoms in total. The van der Waals surface area contributed by atoms with Gasteiger partial charge in [0.05, 0.1) is 12.8 Å². The Bertz CT molecular complexity index is 1250. The highest BCUT2D eigenvalue weighted by Crippen LogP contribution is 2.36. The van der Waals surface area contributed by atoms with Crippen molar-refractivity contribution in [2.45, 2.75) is 44.8 Å². The Kier molecular flexibility index (Phi) is 7.21. The van der Waals surface area contributed by atoms with Gasteiger partial charge in [-0.05, 0) is 60.9 Å². The van der Waals surface area contributed by atoms with Crippen molar-refractivity contribution in [1.29, 1.82) is 0 Å². The zero-order chi connectivity index (χ0) is 25.2. The molecule has 3 aromatic rings. The molecule has 2 atom stereocenters. The van der Waals surface area contributed by atoms with E-state index in [1.807, 2.05) is 35.2 Å². The van der Waals surface area contributed by atoms with Gasteiger partial charge in [0.15, 0.2) is 0 Å². The summed E-state index contributed by atoms with van der Waals surface area (Å²) in [5, 5.41) is 5.35. The summed E-state index contributed by atoms with van der Waals surface area (Å²) in [4.78, 5) is 27.1. The van der Waals surface area contributed by atoms with Gasteiger partial charge in [-0.15, -0.1) is 0 Å². The minimum atomic E-state index is -0.511. The Morgan fingerprint density at radius 3 is 2.61 bits per heavy atom. The molecule has 0 bridgehead atoms. The molecule has 1 amide bonds. The molecule has 188 valence electrons. The molecule has 2 aliphatic rings. The van der Waals surface area contributed by atoms with Crippen molar-refractivity contribution in [2.75, 3.05) is 13.7 Å². The van der Waals surface area contributed by atoms with Crippen molar-refractivity contribution in [3.05, 3.63) is 81.1 Å². The summed E-state index contributed by atoms with van der Waals surface area (Å²) in [6.45, 7) is 1.12. The number of hydrogen-bond acceptors (Lipinski definition) is 5. The van der Waals surface area contributed by atoms with E-state index in [1.54, 1.807) is 18.3 Å². The second-order valence-electron chi connectivity index (χ2n) is 9.27. The first-order chi connectivity index (χ1) is 17.4. The summed E-state index contributed by atoms with van der Waals surface area (Å²) >= 11 is 13.2. The van der Waals surface area contributed by atoms with E-state index < -0.39 is 6.09 Å². The van der Waals surface area contributed by atoms with E-state index in [4.69, 9.17) is 32.7 Å². The van der Waals surface area contributed by atoms with Gasteiger partial charge in [-0.25, -0.2) is 4.79 Å². The third-order valence-corrected chi connectivity index (χ3v) is 7.69. The molecule has 2 heterocycles. The summed E-state index contributed by atoms with van der Waals surface area (Å²) in [6.07, 6.45) is 4.67. The Morgan fingerprint density at radius 2 is 1.89 bits per heavy atom. The van der Waals surface area contributed by atoms with Crippen LogP contribution < -0.4 is 4.74 Å². The molecule has 1 aliphatic heterocycles. The van der Waals surface area contributed by atoms with Crippen LogP contribution in [0.4, 0.5) is 4.79 Å². The molecule has 0 saturated carbocycles. The zero-order valence-electron chi connectivity index (χ0n) is 20.0. The third kappa shape index (κ3) is 5.08. The number of aryl methyl sites for hydroxylation is 1. The Hall–Kier alpha value is -3.03. The topological polar surface area (TPSA) is 73.7 Å². The van der Waals surface area contributed by atoms with Crippen molar-refractivity contribution in [3.8, 4) is 5.75 Å². The first-order valence-corrected chi connectivity index (χ1v) is 12.8. The summed E-state index contributed by atoms with van der Waals surface area (Å²) in [7, 11) is 1.33. The van der Waals surface area contributed by atoms with Crippen molar-refractivity contribution >= 4 is 35.2 Å². The van der Waals surface area contributed by atoms with E-state index in [-0.39, 0.29) is 17.9 Å². The van der Waals surface area contributed by atoms with Crippen molar-refractivity contribution in [1.82, 2.24) is 14.7 Å². The van der Waals surface area contributed by atoms with Crippen LogP contribution in [0.1, 0.15) is 35.2 Å². The van der Waals surface area contributed by atoms with E-state index in [0.717, 1.165) is 41.6 Å². The highest BCUT2D eigenvalue weighted by molar-refractivity contribution is 6.36. The largest absolute Gasteiger partial charge is 0.489 e. The molecule has 1 fully saturated rings. The molecule has 0 radical (unpaired) electrons. The Labute approximate surface area is 219 Å².